The third kappa shape index (κ3) is 4.14. The van der Waals surface area contributed by atoms with Crippen LogP contribution in [0.25, 0.3) is 12.7 Å². The Morgan fingerprint density at radius 3 is 2.46 bits per heavy atom. The normalized spacial score (nSPS) is 11.4. The van der Waals surface area contributed by atoms with Gasteiger partial charge in [0, 0.05) is 5.56 Å². The predicted octanol–water partition coefficient (Wildman–Crippen LogP) is 2.13. The summed E-state index contributed by atoms with van der Waals surface area (Å²) in [5.41, 5.74) is 0.719. The maximum atomic E-state index is 11.8. The molecule has 0 saturated heterocycles. The zero-order valence-electron chi connectivity index (χ0n) is 13.0. The summed E-state index contributed by atoms with van der Waals surface area (Å²) in [4.78, 5) is 14.5. The molecule has 3 rings (SSSR count). The molecule has 3 aromatic rings. The molecule has 0 amide bonds. The van der Waals surface area contributed by atoms with E-state index in [0.29, 0.717) is 28.2 Å². The van der Waals surface area contributed by atoms with Gasteiger partial charge < -0.3 is 14.5 Å². The Labute approximate surface area is 143 Å². The van der Waals surface area contributed by atoms with Crippen LogP contribution in [-0.2, 0) is 0 Å². The second-order valence-electron chi connectivity index (χ2n) is 5.04. The fraction of sp³-hybridized carbons (Fsp3) is 0.105. The van der Waals surface area contributed by atoms with Crippen LogP contribution in [0.15, 0.2) is 59.4 Å². The highest BCUT2D eigenvalue weighted by atomic mass is 32.1. The number of hydrogen-bond acceptors (Lipinski definition) is 4. The van der Waals surface area contributed by atoms with Crippen LogP contribution in [0, 0.1) is 0 Å². The topological polar surface area (TPSA) is 51.3 Å². The first kappa shape index (κ1) is 16.1. The minimum Gasteiger partial charge on any atom is -0.490 e. The zero-order chi connectivity index (χ0) is 16.8. The summed E-state index contributed by atoms with van der Waals surface area (Å²) >= 11 is 1.33. The van der Waals surface area contributed by atoms with Crippen LogP contribution in [0.1, 0.15) is 5.56 Å². The van der Waals surface area contributed by atoms with E-state index in [4.69, 9.17) is 9.47 Å². The Morgan fingerprint density at radius 1 is 1.00 bits per heavy atom. The maximum absolute atomic E-state index is 11.8. The van der Waals surface area contributed by atoms with Gasteiger partial charge in [-0.2, -0.15) is 0 Å². The monoisotopic (exact) mass is 339 g/mol. The van der Waals surface area contributed by atoms with Crippen LogP contribution in [-0.4, -0.2) is 18.2 Å². The first-order valence-electron chi connectivity index (χ1n) is 7.52. The Balaban J connectivity index is 1.69. The summed E-state index contributed by atoms with van der Waals surface area (Å²) in [5, 5.41) is 0. The molecule has 2 aromatic carbocycles. The van der Waals surface area contributed by atoms with Crippen molar-refractivity contribution < 1.29 is 9.47 Å². The summed E-state index contributed by atoms with van der Waals surface area (Å²) in [6.07, 6.45) is 1.81. The van der Waals surface area contributed by atoms with E-state index < -0.39 is 0 Å². The van der Waals surface area contributed by atoms with Gasteiger partial charge in [0.25, 0.3) is 5.56 Å². The number of H-pyrrole nitrogens is 1. The van der Waals surface area contributed by atoms with Crippen molar-refractivity contribution in [1.29, 1.82) is 0 Å². The molecule has 0 bridgehead atoms. The molecule has 0 radical (unpaired) electrons. The molecule has 1 aromatic heterocycles. The Morgan fingerprint density at radius 2 is 1.71 bits per heavy atom. The summed E-state index contributed by atoms with van der Waals surface area (Å²) in [5.74, 6) is 1.53. The third-order valence-corrected chi connectivity index (χ3v) is 4.14. The standard InChI is InChI=1S/C19H17NO3S/c1-14-20-19(21)18(24-14)13-15-7-5-6-10-17(15)23-12-11-22-16-8-3-2-4-9-16/h2-10,13H,1,11-12H2,(H,20,21). The SMILES string of the molecule is C=c1[nH]c(=O)c(=Cc2ccccc2OCCOc2ccccc2)s1. The van der Waals surface area contributed by atoms with Crippen molar-refractivity contribution in [3.63, 3.8) is 0 Å². The Hall–Kier alpha value is -2.79. The van der Waals surface area contributed by atoms with E-state index in [1.165, 1.54) is 11.3 Å². The van der Waals surface area contributed by atoms with Crippen molar-refractivity contribution in [3.05, 3.63) is 79.7 Å². The average molecular weight is 339 g/mol. The number of rotatable bonds is 6. The van der Waals surface area contributed by atoms with Crippen molar-refractivity contribution in [1.82, 2.24) is 4.98 Å². The van der Waals surface area contributed by atoms with Gasteiger partial charge in [-0.25, -0.2) is 0 Å². The van der Waals surface area contributed by atoms with Gasteiger partial charge in [0.15, 0.2) is 0 Å². The summed E-state index contributed by atoms with van der Waals surface area (Å²) in [7, 11) is 0. The number of nitrogens with one attached hydrogen (secondary N) is 1. The number of para-hydroxylation sites is 2. The fourth-order valence-corrected chi connectivity index (χ4v) is 2.93. The van der Waals surface area contributed by atoms with E-state index >= 15 is 0 Å². The molecule has 5 heteroatoms. The van der Waals surface area contributed by atoms with Gasteiger partial charge in [-0.15, -0.1) is 11.3 Å². The third-order valence-electron chi connectivity index (χ3n) is 3.27. The van der Waals surface area contributed by atoms with Gasteiger partial charge in [0.1, 0.15) is 24.7 Å². The molecule has 0 aliphatic carbocycles. The summed E-state index contributed by atoms with van der Waals surface area (Å²) in [6, 6.07) is 17.2. The molecule has 4 nitrogen and oxygen atoms in total. The molecule has 0 fully saturated rings. The largest absolute Gasteiger partial charge is 0.490 e. The lowest BCUT2D eigenvalue weighted by Gasteiger charge is -2.10. The van der Waals surface area contributed by atoms with Crippen molar-refractivity contribution >= 4 is 24.0 Å². The Kier molecular flexibility index (Phi) is 5.13. The van der Waals surface area contributed by atoms with Gasteiger partial charge in [-0.3, -0.25) is 4.79 Å². The van der Waals surface area contributed by atoms with Crippen molar-refractivity contribution in [2.45, 2.75) is 0 Å². The van der Waals surface area contributed by atoms with E-state index in [9.17, 15) is 4.79 Å². The first-order chi connectivity index (χ1) is 11.7. The van der Waals surface area contributed by atoms with Crippen LogP contribution in [0.4, 0.5) is 0 Å². The van der Waals surface area contributed by atoms with Crippen LogP contribution in [0.2, 0.25) is 0 Å². The molecule has 0 spiro atoms. The van der Waals surface area contributed by atoms with E-state index in [1.54, 1.807) is 0 Å². The van der Waals surface area contributed by atoms with E-state index in [2.05, 4.69) is 11.6 Å². The molecule has 1 heterocycles. The van der Waals surface area contributed by atoms with Gasteiger partial charge in [-0.1, -0.05) is 43.0 Å². The highest BCUT2D eigenvalue weighted by Gasteiger charge is 2.02. The maximum Gasteiger partial charge on any atom is 0.266 e. The molecule has 1 N–H and O–H groups in total. The quantitative estimate of drug-likeness (QED) is 0.700. The molecule has 24 heavy (non-hydrogen) atoms. The van der Waals surface area contributed by atoms with Crippen molar-refractivity contribution in [3.8, 4) is 11.5 Å². The van der Waals surface area contributed by atoms with Crippen LogP contribution in [0.3, 0.4) is 0 Å². The molecule has 0 aliphatic rings. The first-order valence-corrected chi connectivity index (χ1v) is 8.33. The highest BCUT2D eigenvalue weighted by molar-refractivity contribution is 7.07. The van der Waals surface area contributed by atoms with Crippen LogP contribution in [0.5, 0.6) is 11.5 Å². The molecule has 0 atom stereocenters. The number of thiazole rings is 1. The summed E-state index contributed by atoms with van der Waals surface area (Å²) < 4.78 is 12.7. The molecule has 0 saturated carbocycles. The highest BCUT2D eigenvalue weighted by Crippen LogP contribution is 2.18. The van der Waals surface area contributed by atoms with Crippen LogP contribution < -0.4 is 24.2 Å². The van der Waals surface area contributed by atoms with E-state index in [1.807, 2.05) is 60.7 Å². The van der Waals surface area contributed by atoms with Crippen molar-refractivity contribution in [2.75, 3.05) is 13.2 Å². The van der Waals surface area contributed by atoms with Crippen LogP contribution >= 0.6 is 11.3 Å². The minimum atomic E-state index is -0.132. The van der Waals surface area contributed by atoms with Gasteiger partial charge in [-0.05, 0) is 24.3 Å². The van der Waals surface area contributed by atoms with Gasteiger partial charge in [0.05, 0.1) is 9.20 Å². The number of aromatic nitrogens is 1. The zero-order valence-corrected chi connectivity index (χ0v) is 13.8. The van der Waals surface area contributed by atoms with Gasteiger partial charge >= 0.3 is 0 Å². The molecular weight excluding hydrogens is 322 g/mol. The van der Waals surface area contributed by atoms with Crippen molar-refractivity contribution in [2.24, 2.45) is 0 Å². The lowest BCUT2D eigenvalue weighted by atomic mass is 10.2. The summed E-state index contributed by atoms with van der Waals surface area (Å²) in [6.45, 7) is 4.61. The molecular formula is C19H17NO3S. The lowest BCUT2D eigenvalue weighted by Crippen LogP contribution is -2.19. The predicted molar refractivity (Wildman–Crippen MR) is 97.2 cm³/mol. The van der Waals surface area contributed by atoms with E-state index in [0.717, 1.165) is 11.3 Å². The fourth-order valence-electron chi connectivity index (χ4n) is 2.19. The Bertz CT molecular complexity index is 960. The average Bonchev–Trinajstić information content (AvgIpc) is 2.91. The second kappa shape index (κ2) is 7.66. The number of benzene rings is 2. The number of hydrogen-bond donors (Lipinski definition) is 1. The molecule has 0 aliphatic heterocycles. The molecule has 122 valence electrons. The lowest BCUT2D eigenvalue weighted by molar-refractivity contribution is 0.217. The van der Waals surface area contributed by atoms with Gasteiger partial charge in [0.2, 0.25) is 0 Å². The second-order valence-corrected chi connectivity index (χ2v) is 6.17. The number of aromatic amines is 1. The van der Waals surface area contributed by atoms with E-state index in [-0.39, 0.29) is 5.56 Å². The number of ether oxygens (including phenoxy) is 2. The molecule has 0 unspecified atom stereocenters. The smallest absolute Gasteiger partial charge is 0.266 e. The minimum absolute atomic E-state index is 0.132.